The Morgan fingerprint density at radius 1 is 1.56 bits per heavy atom. The minimum absolute atomic E-state index is 0.00822. The van der Waals surface area contributed by atoms with Gasteiger partial charge in [-0.2, -0.15) is 5.26 Å². The van der Waals surface area contributed by atoms with E-state index in [1.807, 2.05) is 6.07 Å². The predicted octanol–water partition coefficient (Wildman–Crippen LogP) is 2.20. The number of carbonyl (C=O) groups is 1. The van der Waals surface area contributed by atoms with Crippen LogP contribution >= 0.6 is 11.6 Å². The van der Waals surface area contributed by atoms with Crippen LogP contribution in [0, 0.1) is 22.6 Å². The van der Waals surface area contributed by atoms with Crippen LogP contribution in [0.5, 0.6) is 0 Å². The van der Waals surface area contributed by atoms with Crippen LogP contribution < -0.4 is 0 Å². The van der Waals surface area contributed by atoms with Gasteiger partial charge in [0.05, 0.1) is 24.8 Å². The van der Waals surface area contributed by atoms with Crippen molar-refractivity contribution in [3.8, 4) is 6.07 Å². The van der Waals surface area contributed by atoms with Crippen molar-refractivity contribution in [1.82, 2.24) is 0 Å². The Morgan fingerprint density at radius 3 is 2.75 bits per heavy atom. The third-order valence-corrected chi connectivity index (χ3v) is 2.75. The van der Waals surface area contributed by atoms with Gasteiger partial charge in [0.15, 0.2) is 11.2 Å². The van der Waals surface area contributed by atoms with Gasteiger partial charge in [0, 0.05) is 5.02 Å². The number of nitrogens with zero attached hydrogens (tertiary/aromatic N) is 1. The quantitative estimate of drug-likeness (QED) is 0.744. The van der Waals surface area contributed by atoms with Crippen molar-refractivity contribution in [3.05, 3.63) is 34.6 Å². The lowest BCUT2D eigenvalue weighted by molar-refractivity contribution is -0.0567. The summed E-state index contributed by atoms with van der Waals surface area (Å²) in [6.45, 7) is 0.0164. The summed E-state index contributed by atoms with van der Waals surface area (Å²) in [4.78, 5) is 12.0. The molecular formula is C11H7ClFNO2. The maximum Gasteiger partial charge on any atom is 0.190 e. The number of ketones is 1. The predicted molar refractivity (Wildman–Crippen MR) is 54.6 cm³/mol. The highest BCUT2D eigenvalue weighted by molar-refractivity contribution is 6.31. The summed E-state index contributed by atoms with van der Waals surface area (Å²) >= 11 is 5.68. The van der Waals surface area contributed by atoms with E-state index in [0.29, 0.717) is 0 Å². The number of hydrogen-bond acceptors (Lipinski definition) is 3. The number of Topliss-reactive ketones (excluding diaryl/α,β-unsaturated/α-hetero) is 1. The van der Waals surface area contributed by atoms with E-state index in [1.165, 1.54) is 12.1 Å². The molecule has 0 N–H and O–H groups in total. The summed E-state index contributed by atoms with van der Waals surface area (Å²) in [6.07, 6.45) is 0. The van der Waals surface area contributed by atoms with Gasteiger partial charge in [-0.1, -0.05) is 11.6 Å². The largest absolute Gasteiger partial charge is 0.377 e. The highest BCUT2D eigenvalue weighted by Gasteiger charge is 2.47. The Balaban J connectivity index is 2.41. The second-order valence-electron chi connectivity index (χ2n) is 3.64. The molecule has 82 valence electrons. The SMILES string of the molecule is N#CC1(C(=O)c2cc(Cl)ccc2F)COC1. The molecule has 0 spiro atoms. The average Bonchev–Trinajstić information content (AvgIpc) is 2.21. The average molecular weight is 240 g/mol. The summed E-state index contributed by atoms with van der Waals surface area (Å²) in [5, 5.41) is 9.18. The first kappa shape index (κ1) is 11.1. The van der Waals surface area contributed by atoms with Crippen molar-refractivity contribution in [2.45, 2.75) is 0 Å². The molecule has 1 aromatic carbocycles. The highest BCUT2D eigenvalue weighted by Crippen LogP contribution is 2.32. The van der Waals surface area contributed by atoms with Gasteiger partial charge in [-0.05, 0) is 18.2 Å². The lowest BCUT2D eigenvalue weighted by Crippen LogP contribution is -2.48. The van der Waals surface area contributed by atoms with Crippen LogP contribution in [0.3, 0.4) is 0 Å². The monoisotopic (exact) mass is 239 g/mol. The molecule has 1 fully saturated rings. The second kappa shape index (κ2) is 3.85. The molecule has 0 saturated carbocycles. The Hall–Kier alpha value is -1.44. The van der Waals surface area contributed by atoms with Gasteiger partial charge in [0.1, 0.15) is 5.82 Å². The molecule has 1 saturated heterocycles. The topological polar surface area (TPSA) is 50.1 Å². The van der Waals surface area contributed by atoms with Gasteiger partial charge >= 0.3 is 0 Å². The fraction of sp³-hybridized carbons (Fsp3) is 0.273. The molecule has 3 nitrogen and oxygen atoms in total. The lowest BCUT2D eigenvalue weighted by atomic mass is 9.80. The zero-order valence-corrected chi connectivity index (χ0v) is 8.92. The zero-order chi connectivity index (χ0) is 11.8. The van der Waals surface area contributed by atoms with Gasteiger partial charge in [-0.15, -0.1) is 0 Å². The highest BCUT2D eigenvalue weighted by atomic mass is 35.5. The third-order valence-electron chi connectivity index (χ3n) is 2.52. The summed E-state index contributed by atoms with van der Waals surface area (Å²) in [6, 6.07) is 5.57. The van der Waals surface area contributed by atoms with E-state index >= 15 is 0 Å². The van der Waals surface area contributed by atoms with E-state index in [4.69, 9.17) is 21.6 Å². The maximum absolute atomic E-state index is 13.4. The van der Waals surface area contributed by atoms with E-state index in [9.17, 15) is 9.18 Å². The van der Waals surface area contributed by atoms with Crippen LogP contribution in [0.4, 0.5) is 4.39 Å². The van der Waals surface area contributed by atoms with E-state index in [0.717, 1.165) is 6.07 Å². The Bertz CT molecular complexity index is 491. The van der Waals surface area contributed by atoms with E-state index < -0.39 is 17.0 Å². The molecular weight excluding hydrogens is 233 g/mol. The van der Waals surface area contributed by atoms with Gasteiger partial charge < -0.3 is 4.74 Å². The smallest absolute Gasteiger partial charge is 0.190 e. The first-order valence-corrected chi connectivity index (χ1v) is 4.96. The Kier molecular flexibility index (Phi) is 2.66. The molecule has 0 atom stereocenters. The first-order chi connectivity index (χ1) is 7.59. The molecule has 0 unspecified atom stereocenters. The van der Waals surface area contributed by atoms with Crippen LogP contribution in [0.25, 0.3) is 0 Å². The molecule has 1 aliphatic rings. The maximum atomic E-state index is 13.4. The summed E-state index contributed by atoms with van der Waals surface area (Å²) in [5.41, 5.74) is -1.40. The number of carbonyl (C=O) groups excluding carboxylic acids is 1. The minimum Gasteiger partial charge on any atom is -0.377 e. The van der Waals surface area contributed by atoms with Crippen LogP contribution in [0.15, 0.2) is 18.2 Å². The van der Waals surface area contributed by atoms with Crippen molar-refractivity contribution in [2.24, 2.45) is 5.41 Å². The number of hydrogen-bond donors (Lipinski definition) is 0. The molecule has 16 heavy (non-hydrogen) atoms. The number of halogens is 2. The van der Waals surface area contributed by atoms with Gasteiger partial charge in [-0.25, -0.2) is 4.39 Å². The number of rotatable bonds is 2. The Labute approximate surface area is 96.4 Å². The summed E-state index contributed by atoms with van der Waals surface area (Å²) in [5.74, 6) is -1.24. The van der Waals surface area contributed by atoms with Crippen LogP contribution in [0.1, 0.15) is 10.4 Å². The number of nitriles is 1. The normalized spacial score (nSPS) is 17.3. The van der Waals surface area contributed by atoms with Crippen molar-refractivity contribution < 1.29 is 13.9 Å². The number of ether oxygens (including phenoxy) is 1. The molecule has 0 amide bonds. The van der Waals surface area contributed by atoms with E-state index in [-0.39, 0.29) is 23.8 Å². The van der Waals surface area contributed by atoms with Crippen LogP contribution in [0.2, 0.25) is 5.02 Å². The zero-order valence-electron chi connectivity index (χ0n) is 8.17. The molecule has 0 bridgehead atoms. The summed E-state index contributed by atoms with van der Waals surface area (Å²) in [7, 11) is 0. The van der Waals surface area contributed by atoms with Crippen molar-refractivity contribution in [1.29, 1.82) is 5.26 Å². The molecule has 0 radical (unpaired) electrons. The van der Waals surface area contributed by atoms with Gasteiger partial charge in [0.2, 0.25) is 0 Å². The Morgan fingerprint density at radius 2 is 2.25 bits per heavy atom. The molecule has 2 rings (SSSR count). The standard InChI is InChI=1S/C11H7ClFNO2/c12-7-1-2-9(13)8(3-7)10(15)11(4-14)5-16-6-11/h1-3H,5-6H2. The van der Waals surface area contributed by atoms with Gasteiger partial charge in [-0.3, -0.25) is 4.79 Å². The third kappa shape index (κ3) is 1.58. The molecule has 0 aliphatic carbocycles. The first-order valence-electron chi connectivity index (χ1n) is 4.58. The van der Waals surface area contributed by atoms with Crippen molar-refractivity contribution >= 4 is 17.4 Å². The fourth-order valence-corrected chi connectivity index (χ4v) is 1.65. The molecule has 1 aromatic rings. The second-order valence-corrected chi connectivity index (χ2v) is 4.08. The minimum atomic E-state index is -1.24. The van der Waals surface area contributed by atoms with Gasteiger partial charge in [0.25, 0.3) is 0 Å². The molecule has 1 aliphatic heterocycles. The molecule has 5 heteroatoms. The summed E-state index contributed by atoms with van der Waals surface area (Å²) < 4.78 is 18.3. The molecule has 1 heterocycles. The van der Waals surface area contributed by atoms with Crippen molar-refractivity contribution in [2.75, 3.05) is 13.2 Å². The van der Waals surface area contributed by atoms with E-state index in [1.54, 1.807) is 0 Å². The van der Waals surface area contributed by atoms with Crippen LogP contribution in [-0.2, 0) is 4.74 Å². The number of benzene rings is 1. The lowest BCUT2D eigenvalue weighted by Gasteiger charge is -2.33. The fourth-order valence-electron chi connectivity index (χ4n) is 1.48. The van der Waals surface area contributed by atoms with E-state index in [2.05, 4.69) is 0 Å². The van der Waals surface area contributed by atoms with Crippen molar-refractivity contribution in [3.63, 3.8) is 0 Å². The molecule has 0 aromatic heterocycles. The van der Waals surface area contributed by atoms with Crippen LogP contribution in [-0.4, -0.2) is 19.0 Å².